The van der Waals surface area contributed by atoms with Crippen molar-refractivity contribution in [1.82, 2.24) is 24.6 Å². The van der Waals surface area contributed by atoms with Crippen molar-refractivity contribution < 1.29 is 22.7 Å². The van der Waals surface area contributed by atoms with Crippen LogP contribution in [0.5, 0.6) is 0 Å². The summed E-state index contributed by atoms with van der Waals surface area (Å²) in [6, 6.07) is 6.40. The van der Waals surface area contributed by atoms with Crippen LogP contribution in [0.15, 0.2) is 49.1 Å². The first kappa shape index (κ1) is 19.7. The number of H-pyrrole nitrogens is 1. The van der Waals surface area contributed by atoms with E-state index in [1.807, 2.05) is 5.10 Å². The molecule has 1 N–H and O–H groups in total. The molecule has 0 unspecified atom stereocenters. The van der Waals surface area contributed by atoms with Gasteiger partial charge in [0.25, 0.3) is 0 Å². The molecule has 0 aliphatic carbocycles. The van der Waals surface area contributed by atoms with Crippen molar-refractivity contribution in [3.8, 4) is 11.3 Å². The summed E-state index contributed by atoms with van der Waals surface area (Å²) in [5.41, 5.74) is -0.405. The van der Waals surface area contributed by atoms with Gasteiger partial charge in [0.2, 0.25) is 0 Å². The van der Waals surface area contributed by atoms with Crippen LogP contribution in [0.2, 0.25) is 0 Å². The smallest absolute Gasteiger partial charge is 0.433 e. The molecular weight excluding hydrogens is 425 g/mol. The Morgan fingerprint density at radius 1 is 1.23 bits per heavy atom. The van der Waals surface area contributed by atoms with Crippen LogP contribution in [0.25, 0.3) is 16.9 Å². The van der Waals surface area contributed by atoms with Gasteiger partial charge in [0, 0.05) is 24.2 Å². The van der Waals surface area contributed by atoms with Gasteiger partial charge >= 0.3 is 12.1 Å². The van der Waals surface area contributed by atoms with Crippen molar-refractivity contribution >= 4 is 34.9 Å². The molecule has 0 amide bonds. The Bertz CT molecular complexity index is 1240. The Morgan fingerprint density at radius 2 is 2.00 bits per heavy atom. The van der Waals surface area contributed by atoms with Gasteiger partial charge in [-0.05, 0) is 12.1 Å². The highest BCUT2D eigenvalue weighted by Crippen LogP contribution is 2.37. The molecule has 4 aromatic rings. The van der Waals surface area contributed by atoms with E-state index in [2.05, 4.69) is 15.1 Å². The number of fused-ring (bicyclic) bond motifs is 1. The van der Waals surface area contributed by atoms with Crippen molar-refractivity contribution in [3.05, 3.63) is 60.3 Å². The van der Waals surface area contributed by atoms with Gasteiger partial charge in [0.05, 0.1) is 42.0 Å². The topological polar surface area (TPSA) is 88.4 Å². The van der Waals surface area contributed by atoms with Gasteiger partial charge in [-0.2, -0.15) is 18.3 Å². The third-order valence-corrected chi connectivity index (χ3v) is 4.66. The van der Waals surface area contributed by atoms with Crippen molar-refractivity contribution in [2.24, 2.45) is 0 Å². The minimum Gasteiger partial charge on any atom is -0.465 e. The van der Waals surface area contributed by atoms with Crippen molar-refractivity contribution in [1.29, 1.82) is 0 Å². The van der Waals surface area contributed by atoms with Crippen LogP contribution < -0.4 is 4.42 Å². The van der Waals surface area contributed by atoms with Gasteiger partial charge in [-0.1, -0.05) is 12.1 Å². The number of carbonyl (C=O) groups excluding carboxylic acids is 1. The second-order valence-corrected chi connectivity index (χ2v) is 6.37. The number of methoxy groups -OCH3 is 1. The first-order valence-corrected chi connectivity index (χ1v) is 8.73. The first-order valence-electron chi connectivity index (χ1n) is 8.39. The van der Waals surface area contributed by atoms with E-state index < -0.39 is 17.8 Å². The maximum atomic E-state index is 13.3. The monoisotopic (exact) mass is 436 g/mol. The van der Waals surface area contributed by atoms with E-state index in [4.69, 9.17) is 16.5 Å². The van der Waals surface area contributed by atoms with Gasteiger partial charge in [0.1, 0.15) is 5.69 Å². The standard InChI is InChI=1S/C18H12ClF3N6O2/c1-30-17(29)10-4-2-3-5-12(10)28(19)16-15-24-9-13(27(15)7-6-23-16)11-8-25-26-14(11)18(20,21)22/h2-9H,1H3,(H,25,26). The van der Waals surface area contributed by atoms with Crippen molar-refractivity contribution in [2.45, 2.75) is 6.18 Å². The average Bonchev–Trinajstić information content (AvgIpc) is 3.39. The molecule has 4 rings (SSSR count). The number of para-hydroxylation sites is 1. The minimum absolute atomic E-state index is 0.110. The number of nitrogens with zero attached hydrogens (tertiary/aromatic N) is 5. The fourth-order valence-corrected chi connectivity index (χ4v) is 3.25. The maximum absolute atomic E-state index is 13.3. The predicted octanol–water partition coefficient (Wildman–Crippen LogP) is 4.22. The summed E-state index contributed by atoms with van der Waals surface area (Å²) in [6.07, 6.45) is 0.515. The number of benzene rings is 1. The Kier molecular flexibility index (Phi) is 4.82. The van der Waals surface area contributed by atoms with Crippen LogP contribution in [0.4, 0.5) is 24.7 Å². The molecule has 0 bridgehead atoms. The fourth-order valence-electron chi connectivity index (χ4n) is 2.98. The number of esters is 1. The largest absolute Gasteiger partial charge is 0.465 e. The molecule has 0 radical (unpaired) electrons. The summed E-state index contributed by atoms with van der Waals surface area (Å²) in [5, 5.41) is 5.48. The van der Waals surface area contributed by atoms with Crippen molar-refractivity contribution in [2.75, 3.05) is 11.5 Å². The summed E-state index contributed by atoms with van der Waals surface area (Å²) >= 11 is 6.47. The molecule has 0 saturated carbocycles. The molecule has 8 nitrogen and oxygen atoms in total. The molecular formula is C18H12ClF3N6O2. The van der Waals surface area contributed by atoms with Crippen molar-refractivity contribution in [3.63, 3.8) is 0 Å². The van der Waals surface area contributed by atoms with Gasteiger partial charge in [-0.3, -0.25) is 9.50 Å². The zero-order chi connectivity index (χ0) is 21.5. The molecule has 3 aromatic heterocycles. The molecule has 12 heteroatoms. The number of halogens is 4. The molecule has 0 fully saturated rings. The van der Waals surface area contributed by atoms with Gasteiger partial charge in [-0.25, -0.2) is 19.2 Å². The van der Waals surface area contributed by atoms with E-state index in [-0.39, 0.29) is 34.0 Å². The zero-order valence-corrected chi connectivity index (χ0v) is 15.9. The Balaban J connectivity index is 1.85. The first-order chi connectivity index (χ1) is 14.3. The number of nitrogens with one attached hydrogen (secondary N) is 1. The third kappa shape index (κ3) is 3.22. The second kappa shape index (κ2) is 7.34. The molecule has 154 valence electrons. The lowest BCUT2D eigenvalue weighted by Gasteiger charge is -2.18. The number of anilines is 2. The Morgan fingerprint density at radius 3 is 2.73 bits per heavy atom. The van der Waals surface area contributed by atoms with Crippen LogP contribution >= 0.6 is 11.8 Å². The number of carbonyl (C=O) groups is 1. The summed E-state index contributed by atoms with van der Waals surface area (Å²) in [6.45, 7) is 0. The molecule has 1 aromatic carbocycles. The van der Waals surface area contributed by atoms with E-state index in [0.717, 1.165) is 10.6 Å². The average molecular weight is 437 g/mol. The Hall–Kier alpha value is -3.60. The number of rotatable bonds is 4. The van der Waals surface area contributed by atoms with Gasteiger partial charge in [0.15, 0.2) is 11.5 Å². The normalized spacial score (nSPS) is 11.6. The van der Waals surface area contributed by atoms with E-state index in [0.29, 0.717) is 0 Å². The lowest BCUT2D eigenvalue weighted by molar-refractivity contribution is -0.140. The molecule has 3 heterocycles. The molecule has 30 heavy (non-hydrogen) atoms. The Labute approximate surface area is 172 Å². The lowest BCUT2D eigenvalue weighted by atomic mass is 10.2. The minimum atomic E-state index is -4.62. The number of aromatic nitrogens is 5. The summed E-state index contributed by atoms with van der Waals surface area (Å²) < 4.78 is 47.1. The number of ether oxygens (including phenoxy) is 1. The quantitative estimate of drug-likeness (QED) is 0.381. The molecule has 0 aliphatic heterocycles. The SMILES string of the molecule is COC(=O)c1ccccc1N(Cl)c1nccn2c(-c3cn[nH]c3C(F)(F)F)cnc12. The molecule has 0 spiro atoms. The lowest BCUT2D eigenvalue weighted by Crippen LogP contribution is -2.12. The molecule has 0 aliphatic rings. The molecule has 0 atom stereocenters. The number of imidazole rings is 1. The predicted molar refractivity (Wildman–Crippen MR) is 101 cm³/mol. The number of hydrogen-bond donors (Lipinski definition) is 1. The highest BCUT2D eigenvalue weighted by atomic mass is 35.5. The van der Waals surface area contributed by atoms with Crippen LogP contribution in [-0.4, -0.2) is 37.6 Å². The highest BCUT2D eigenvalue weighted by molar-refractivity contribution is 6.31. The van der Waals surface area contributed by atoms with Crippen LogP contribution in [0.1, 0.15) is 16.1 Å². The van der Waals surface area contributed by atoms with Crippen LogP contribution in [0, 0.1) is 0 Å². The van der Waals surface area contributed by atoms with Crippen LogP contribution in [0.3, 0.4) is 0 Å². The summed E-state index contributed by atoms with van der Waals surface area (Å²) in [7, 11) is 1.24. The fraction of sp³-hybridized carbons (Fsp3) is 0.111. The van der Waals surface area contributed by atoms with Gasteiger partial charge < -0.3 is 4.74 Å². The van der Waals surface area contributed by atoms with E-state index >= 15 is 0 Å². The zero-order valence-electron chi connectivity index (χ0n) is 15.2. The van der Waals surface area contributed by atoms with E-state index in [1.165, 1.54) is 36.2 Å². The maximum Gasteiger partial charge on any atom is 0.433 e. The van der Waals surface area contributed by atoms with E-state index in [1.54, 1.807) is 18.2 Å². The number of hydrogen-bond acceptors (Lipinski definition) is 6. The van der Waals surface area contributed by atoms with Gasteiger partial charge in [-0.15, -0.1) is 0 Å². The van der Waals surface area contributed by atoms with E-state index in [9.17, 15) is 18.0 Å². The third-order valence-electron chi connectivity index (χ3n) is 4.31. The summed E-state index contributed by atoms with van der Waals surface area (Å²) in [5.74, 6) is -0.501. The number of alkyl halides is 3. The van der Waals surface area contributed by atoms with Crippen LogP contribution in [-0.2, 0) is 10.9 Å². The highest BCUT2D eigenvalue weighted by Gasteiger charge is 2.36. The number of aromatic amines is 1. The molecule has 0 saturated heterocycles. The second-order valence-electron chi connectivity index (χ2n) is 6.03. The summed E-state index contributed by atoms with van der Waals surface area (Å²) in [4.78, 5) is 20.4.